The molecule has 9 heteroatoms. The highest BCUT2D eigenvalue weighted by atomic mass is 32.2. The fraction of sp³-hybridized carbons (Fsp3) is 0.304. The number of hydrogen-bond donors (Lipinski definition) is 2. The van der Waals surface area contributed by atoms with Crippen LogP contribution in [0.15, 0.2) is 53.7 Å². The molecule has 3 aromatic rings. The van der Waals surface area contributed by atoms with E-state index in [1.165, 1.54) is 11.8 Å². The van der Waals surface area contributed by atoms with Gasteiger partial charge in [0, 0.05) is 5.92 Å². The van der Waals surface area contributed by atoms with Gasteiger partial charge in [-0.2, -0.15) is 0 Å². The first-order chi connectivity index (χ1) is 15.5. The molecule has 0 spiro atoms. The molecule has 0 aliphatic heterocycles. The molecule has 166 valence electrons. The topological polar surface area (TPSA) is 112 Å². The van der Waals surface area contributed by atoms with Crippen molar-refractivity contribution in [3.63, 3.8) is 0 Å². The molecule has 1 fully saturated rings. The van der Waals surface area contributed by atoms with Gasteiger partial charge < -0.3 is 15.8 Å². The Kier molecular flexibility index (Phi) is 6.45. The standard InChI is InChI=1S/C23H25N5O3S/c1-14-8-11-18(31-2)17(12-14)25-22(30)20(15-6-4-3-5-7-15)32-23-27-26-21(16-9-10-16)28(23)13-19(24)29/h3-8,11-12,16,20H,9-10,13H2,1-2H3,(H2,24,29)(H,25,30)/t20-/m0/s1. The third kappa shape index (κ3) is 4.94. The number of carbonyl (C=O) groups is 2. The zero-order valence-corrected chi connectivity index (χ0v) is 18.8. The number of nitrogens with two attached hydrogens (primary N) is 1. The number of ether oxygens (including phenoxy) is 1. The lowest BCUT2D eigenvalue weighted by molar-refractivity contribution is -0.118. The summed E-state index contributed by atoms with van der Waals surface area (Å²) in [4.78, 5) is 25.1. The minimum atomic E-state index is -0.621. The monoisotopic (exact) mass is 451 g/mol. The number of anilines is 1. The second kappa shape index (κ2) is 9.44. The first-order valence-corrected chi connectivity index (χ1v) is 11.2. The molecule has 1 aromatic heterocycles. The first kappa shape index (κ1) is 21.9. The van der Waals surface area contributed by atoms with Crippen LogP contribution in [-0.2, 0) is 16.1 Å². The van der Waals surface area contributed by atoms with Gasteiger partial charge in [0.15, 0.2) is 5.16 Å². The Morgan fingerprint density at radius 3 is 2.62 bits per heavy atom. The van der Waals surface area contributed by atoms with Crippen molar-refractivity contribution in [2.75, 3.05) is 12.4 Å². The minimum Gasteiger partial charge on any atom is -0.495 e. The Bertz CT molecular complexity index is 1130. The number of primary amides is 1. The van der Waals surface area contributed by atoms with Crippen LogP contribution in [0.3, 0.4) is 0 Å². The van der Waals surface area contributed by atoms with Gasteiger partial charge in [-0.05, 0) is 43.0 Å². The van der Waals surface area contributed by atoms with Gasteiger partial charge in [0.25, 0.3) is 0 Å². The summed E-state index contributed by atoms with van der Waals surface area (Å²) in [5, 5.41) is 11.4. The average molecular weight is 452 g/mol. The fourth-order valence-electron chi connectivity index (χ4n) is 3.46. The zero-order valence-electron chi connectivity index (χ0n) is 17.9. The average Bonchev–Trinajstić information content (AvgIpc) is 3.54. The molecule has 2 amide bonds. The maximum Gasteiger partial charge on any atom is 0.242 e. The van der Waals surface area contributed by atoms with E-state index in [4.69, 9.17) is 10.5 Å². The van der Waals surface area contributed by atoms with E-state index >= 15 is 0 Å². The number of carbonyl (C=O) groups excluding carboxylic acids is 2. The number of nitrogens with zero attached hydrogens (tertiary/aromatic N) is 3. The number of rotatable bonds is 9. The Labute approximate surface area is 190 Å². The molecule has 2 aromatic carbocycles. The largest absolute Gasteiger partial charge is 0.495 e. The van der Waals surface area contributed by atoms with Crippen LogP contribution in [0, 0.1) is 6.92 Å². The molecule has 1 atom stereocenters. The molecule has 3 N–H and O–H groups in total. The predicted molar refractivity (Wildman–Crippen MR) is 123 cm³/mol. The maximum absolute atomic E-state index is 13.4. The fourth-order valence-corrected chi connectivity index (χ4v) is 4.50. The molecular formula is C23H25N5O3S. The van der Waals surface area contributed by atoms with Crippen LogP contribution in [0.4, 0.5) is 5.69 Å². The lowest BCUT2D eigenvalue weighted by atomic mass is 10.1. The lowest BCUT2D eigenvalue weighted by Gasteiger charge is -2.18. The Hall–Kier alpha value is -3.33. The van der Waals surface area contributed by atoms with Crippen LogP contribution in [-0.4, -0.2) is 33.7 Å². The predicted octanol–water partition coefficient (Wildman–Crippen LogP) is 3.43. The second-order valence-corrected chi connectivity index (χ2v) is 8.84. The summed E-state index contributed by atoms with van der Waals surface area (Å²) in [7, 11) is 1.56. The van der Waals surface area contributed by atoms with Gasteiger partial charge in [0.2, 0.25) is 11.8 Å². The molecule has 1 saturated carbocycles. The number of aromatic nitrogens is 3. The van der Waals surface area contributed by atoms with Gasteiger partial charge in [0.1, 0.15) is 23.4 Å². The van der Waals surface area contributed by atoms with Gasteiger partial charge in [0.05, 0.1) is 12.8 Å². The van der Waals surface area contributed by atoms with Crippen molar-refractivity contribution in [1.82, 2.24) is 14.8 Å². The van der Waals surface area contributed by atoms with Crippen molar-refractivity contribution >= 4 is 29.3 Å². The Morgan fingerprint density at radius 1 is 1.22 bits per heavy atom. The SMILES string of the molecule is COc1ccc(C)cc1NC(=O)[C@@H](Sc1nnc(C2CC2)n1CC(N)=O)c1ccccc1. The van der Waals surface area contributed by atoms with Crippen LogP contribution >= 0.6 is 11.8 Å². The number of hydrogen-bond acceptors (Lipinski definition) is 6. The molecule has 1 aliphatic carbocycles. The maximum atomic E-state index is 13.4. The van der Waals surface area contributed by atoms with E-state index in [2.05, 4.69) is 15.5 Å². The number of amides is 2. The summed E-state index contributed by atoms with van der Waals surface area (Å²) < 4.78 is 7.14. The van der Waals surface area contributed by atoms with E-state index < -0.39 is 11.2 Å². The number of benzene rings is 2. The van der Waals surface area contributed by atoms with Crippen molar-refractivity contribution in [3.05, 3.63) is 65.5 Å². The highest BCUT2D eigenvalue weighted by Crippen LogP contribution is 2.42. The smallest absolute Gasteiger partial charge is 0.242 e. The van der Waals surface area contributed by atoms with Crippen molar-refractivity contribution in [3.8, 4) is 5.75 Å². The van der Waals surface area contributed by atoms with Crippen LogP contribution in [0.25, 0.3) is 0 Å². The summed E-state index contributed by atoms with van der Waals surface area (Å²) in [5.41, 5.74) is 7.88. The number of aryl methyl sites for hydroxylation is 1. The van der Waals surface area contributed by atoms with E-state index in [1.807, 2.05) is 55.5 Å². The molecule has 0 saturated heterocycles. The van der Waals surface area contributed by atoms with Crippen LogP contribution in [0.2, 0.25) is 0 Å². The van der Waals surface area contributed by atoms with Gasteiger partial charge in [-0.15, -0.1) is 10.2 Å². The number of methoxy groups -OCH3 is 1. The second-order valence-electron chi connectivity index (χ2n) is 7.77. The van der Waals surface area contributed by atoms with Crippen molar-refractivity contribution < 1.29 is 14.3 Å². The summed E-state index contributed by atoms with van der Waals surface area (Å²) in [6.07, 6.45) is 2.02. The highest BCUT2D eigenvalue weighted by molar-refractivity contribution is 8.00. The van der Waals surface area contributed by atoms with E-state index in [0.717, 1.165) is 29.8 Å². The highest BCUT2D eigenvalue weighted by Gasteiger charge is 2.33. The van der Waals surface area contributed by atoms with Crippen molar-refractivity contribution in [1.29, 1.82) is 0 Å². The minimum absolute atomic E-state index is 0.0179. The van der Waals surface area contributed by atoms with E-state index in [9.17, 15) is 9.59 Å². The van der Waals surface area contributed by atoms with E-state index in [0.29, 0.717) is 16.6 Å². The van der Waals surface area contributed by atoms with Crippen molar-refractivity contribution in [2.24, 2.45) is 5.73 Å². The number of nitrogens with one attached hydrogen (secondary N) is 1. The Balaban J connectivity index is 1.66. The zero-order chi connectivity index (χ0) is 22.7. The molecular weight excluding hydrogens is 426 g/mol. The van der Waals surface area contributed by atoms with Gasteiger partial charge in [-0.3, -0.25) is 14.2 Å². The van der Waals surface area contributed by atoms with Crippen LogP contribution < -0.4 is 15.8 Å². The summed E-state index contributed by atoms with van der Waals surface area (Å²) in [6, 6.07) is 15.0. The Morgan fingerprint density at radius 2 is 1.97 bits per heavy atom. The molecule has 0 unspecified atom stereocenters. The first-order valence-electron chi connectivity index (χ1n) is 10.3. The van der Waals surface area contributed by atoms with E-state index in [-0.39, 0.29) is 18.4 Å². The van der Waals surface area contributed by atoms with Gasteiger partial charge >= 0.3 is 0 Å². The lowest BCUT2D eigenvalue weighted by Crippen LogP contribution is -2.22. The molecule has 32 heavy (non-hydrogen) atoms. The van der Waals surface area contributed by atoms with Gasteiger partial charge in [-0.25, -0.2) is 0 Å². The normalized spacial score (nSPS) is 14.1. The summed E-state index contributed by atoms with van der Waals surface area (Å²) in [6.45, 7) is 1.93. The molecule has 0 radical (unpaired) electrons. The quantitative estimate of drug-likeness (QED) is 0.482. The van der Waals surface area contributed by atoms with Gasteiger partial charge in [-0.1, -0.05) is 48.2 Å². The molecule has 1 heterocycles. The molecule has 4 rings (SSSR count). The third-order valence-corrected chi connectivity index (χ3v) is 6.41. The molecule has 0 bridgehead atoms. The third-order valence-electron chi connectivity index (χ3n) is 5.18. The number of thioether (sulfide) groups is 1. The summed E-state index contributed by atoms with van der Waals surface area (Å²) in [5.74, 6) is 0.912. The van der Waals surface area contributed by atoms with Crippen LogP contribution in [0.1, 0.15) is 41.0 Å². The van der Waals surface area contributed by atoms with Crippen molar-refractivity contribution in [2.45, 2.75) is 42.6 Å². The summed E-state index contributed by atoms with van der Waals surface area (Å²) >= 11 is 1.25. The molecule has 8 nitrogen and oxygen atoms in total. The van der Waals surface area contributed by atoms with Crippen LogP contribution in [0.5, 0.6) is 5.75 Å². The van der Waals surface area contributed by atoms with E-state index in [1.54, 1.807) is 11.7 Å². The molecule has 1 aliphatic rings.